The third kappa shape index (κ3) is 3.20. The topological polar surface area (TPSA) is 39.1 Å². The molecule has 108 valence electrons. The SMILES string of the molecule is CNC(CCc1nccn1C)c1ccc(OC)c(C)c1. The summed E-state index contributed by atoms with van der Waals surface area (Å²) in [4.78, 5) is 4.38. The first-order chi connectivity index (χ1) is 9.65. The normalized spacial score (nSPS) is 12.4. The fourth-order valence-corrected chi connectivity index (χ4v) is 2.51. The van der Waals surface area contributed by atoms with Crippen LogP contribution < -0.4 is 10.1 Å². The van der Waals surface area contributed by atoms with Crippen LogP contribution in [0, 0.1) is 6.92 Å². The van der Waals surface area contributed by atoms with E-state index in [4.69, 9.17) is 4.74 Å². The minimum Gasteiger partial charge on any atom is -0.496 e. The minimum atomic E-state index is 0.330. The highest BCUT2D eigenvalue weighted by Crippen LogP contribution is 2.24. The van der Waals surface area contributed by atoms with Gasteiger partial charge in [0, 0.05) is 31.9 Å². The third-order valence-electron chi connectivity index (χ3n) is 3.75. The first kappa shape index (κ1) is 14.6. The van der Waals surface area contributed by atoms with Gasteiger partial charge >= 0.3 is 0 Å². The zero-order valence-corrected chi connectivity index (χ0v) is 12.7. The molecule has 1 unspecified atom stereocenters. The summed E-state index contributed by atoms with van der Waals surface area (Å²) in [6.07, 6.45) is 5.82. The summed E-state index contributed by atoms with van der Waals surface area (Å²) in [5, 5.41) is 3.39. The van der Waals surface area contributed by atoms with Crippen molar-refractivity contribution >= 4 is 0 Å². The smallest absolute Gasteiger partial charge is 0.121 e. The van der Waals surface area contributed by atoms with Crippen LogP contribution >= 0.6 is 0 Å². The van der Waals surface area contributed by atoms with Crippen molar-refractivity contribution in [2.75, 3.05) is 14.2 Å². The Bertz CT molecular complexity index is 563. The van der Waals surface area contributed by atoms with Gasteiger partial charge in [0.05, 0.1) is 7.11 Å². The van der Waals surface area contributed by atoms with Gasteiger partial charge < -0.3 is 14.6 Å². The Morgan fingerprint density at radius 2 is 2.20 bits per heavy atom. The van der Waals surface area contributed by atoms with Crippen molar-refractivity contribution in [3.63, 3.8) is 0 Å². The number of hydrogen-bond donors (Lipinski definition) is 1. The van der Waals surface area contributed by atoms with Crippen LogP contribution in [0.25, 0.3) is 0 Å². The van der Waals surface area contributed by atoms with E-state index in [1.807, 2.05) is 32.6 Å². The lowest BCUT2D eigenvalue weighted by Gasteiger charge is -2.18. The van der Waals surface area contributed by atoms with Crippen molar-refractivity contribution in [2.45, 2.75) is 25.8 Å². The van der Waals surface area contributed by atoms with Crippen molar-refractivity contribution in [1.82, 2.24) is 14.9 Å². The largest absolute Gasteiger partial charge is 0.496 e. The molecular formula is C16H23N3O. The van der Waals surface area contributed by atoms with Gasteiger partial charge in [-0.1, -0.05) is 12.1 Å². The molecule has 0 spiro atoms. The highest BCUT2D eigenvalue weighted by Gasteiger charge is 2.12. The fourth-order valence-electron chi connectivity index (χ4n) is 2.51. The Morgan fingerprint density at radius 3 is 2.75 bits per heavy atom. The van der Waals surface area contributed by atoms with Crippen LogP contribution in [0.2, 0.25) is 0 Å². The molecule has 0 aliphatic carbocycles. The average molecular weight is 273 g/mol. The molecule has 1 N–H and O–H groups in total. The molecule has 1 aromatic carbocycles. The van der Waals surface area contributed by atoms with Crippen LogP contribution in [0.1, 0.15) is 29.4 Å². The molecule has 2 rings (SSSR count). The van der Waals surface area contributed by atoms with Gasteiger partial charge in [0.15, 0.2) is 0 Å². The van der Waals surface area contributed by atoms with Gasteiger partial charge in [-0.25, -0.2) is 4.98 Å². The van der Waals surface area contributed by atoms with Crippen LogP contribution in [-0.2, 0) is 13.5 Å². The molecule has 4 nitrogen and oxygen atoms in total. The summed E-state index contributed by atoms with van der Waals surface area (Å²) in [6.45, 7) is 2.08. The van der Waals surface area contributed by atoms with Crippen molar-refractivity contribution in [1.29, 1.82) is 0 Å². The number of methoxy groups -OCH3 is 1. The Labute approximate surface area is 120 Å². The second-order valence-electron chi connectivity index (χ2n) is 5.06. The summed E-state index contributed by atoms with van der Waals surface area (Å²) >= 11 is 0. The van der Waals surface area contributed by atoms with E-state index in [-0.39, 0.29) is 0 Å². The number of nitrogens with one attached hydrogen (secondary N) is 1. The molecule has 1 heterocycles. The van der Waals surface area contributed by atoms with Crippen LogP contribution in [0.15, 0.2) is 30.6 Å². The van der Waals surface area contributed by atoms with Crippen molar-refractivity contribution in [3.8, 4) is 5.75 Å². The predicted octanol–water partition coefficient (Wildman–Crippen LogP) is 2.63. The molecule has 0 aliphatic heterocycles. The molecular weight excluding hydrogens is 250 g/mol. The van der Waals surface area contributed by atoms with Crippen LogP contribution in [0.4, 0.5) is 0 Å². The quantitative estimate of drug-likeness (QED) is 0.879. The van der Waals surface area contributed by atoms with Gasteiger partial charge in [-0.05, 0) is 37.6 Å². The van der Waals surface area contributed by atoms with E-state index in [2.05, 4.69) is 33.9 Å². The molecule has 1 atom stereocenters. The Morgan fingerprint density at radius 1 is 1.40 bits per heavy atom. The Balaban J connectivity index is 2.08. The van der Waals surface area contributed by atoms with Crippen LogP contribution in [0.5, 0.6) is 5.75 Å². The molecule has 0 saturated carbocycles. The summed E-state index contributed by atoms with van der Waals surface area (Å²) in [7, 11) is 5.75. The van der Waals surface area contributed by atoms with E-state index in [1.165, 1.54) is 11.1 Å². The van der Waals surface area contributed by atoms with Gasteiger partial charge in [0.25, 0.3) is 0 Å². The molecule has 4 heteroatoms. The van der Waals surface area contributed by atoms with Gasteiger partial charge in [0.2, 0.25) is 0 Å². The van der Waals surface area contributed by atoms with Gasteiger partial charge in [0.1, 0.15) is 11.6 Å². The molecule has 0 fully saturated rings. The molecule has 2 aromatic rings. The number of hydrogen-bond acceptors (Lipinski definition) is 3. The summed E-state index contributed by atoms with van der Waals surface area (Å²) < 4.78 is 7.39. The lowest BCUT2D eigenvalue weighted by Crippen LogP contribution is -2.18. The lowest BCUT2D eigenvalue weighted by atomic mass is 9.99. The first-order valence-electron chi connectivity index (χ1n) is 6.93. The highest BCUT2D eigenvalue weighted by molar-refractivity contribution is 5.37. The molecule has 0 aliphatic rings. The first-order valence-corrected chi connectivity index (χ1v) is 6.93. The number of aryl methyl sites for hydroxylation is 3. The van der Waals surface area contributed by atoms with Gasteiger partial charge in [-0.15, -0.1) is 0 Å². The molecule has 0 radical (unpaired) electrons. The lowest BCUT2D eigenvalue weighted by molar-refractivity contribution is 0.411. The zero-order chi connectivity index (χ0) is 14.5. The van der Waals surface area contributed by atoms with E-state index in [1.54, 1.807) is 7.11 Å². The summed E-state index contributed by atoms with van der Waals surface area (Å²) in [6, 6.07) is 6.69. The van der Waals surface area contributed by atoms with E-state index in [9.17, 15) is 0 Å². The highest BCUT2D eigenvalue weighted by atomic mass is 16.5. The Hall–Kier alpha value is -1.81. The maximum Gasteiger partial charge on any atom is 0.121 e. The number of aromatic nitrogens is 2. The van der Waals surface area contributed by atoms with E-state index in [0.29, 0.717) is 6.04 Å². The van der Waals surface area contributed by atoms with E-state index >= 15 is 0 Å². The minimum absolute atomic E-state index is 0.330. The molecule has 0 bridgehead atoms. The van der Waals surface area contributed by atoms with Crippen LogP contribution in [0.3, 0.4) is 0 Å². The average Bonchev–Trinajstić information content (AvgIpc) is 2.85. The maximum absolute atomic E-state index is 5.31. The number of nitrogens with zero attached hydrogens (tertiary/aromatic N) is 2. The van der Waals surface area contributed by atoms with Gasteiger partial charge in [-0.3, -0.25) is 0 Å². The maximum atomic E-state index is 5.31. The summed E-state index contributed by atoms with van der Waals surface area (Å²) in [5.41, 5.74) is 2.46. The third-order valence-corrected chi connectivity index (χ3v) is 3.75. The van der Waals surface area contributed by atoms with Crippen molar-refractivity contribution in [2.24, 2.45) is 7.05 Å². The predicted molar refractivity (Wildman–Crippen MR) is 81.1 cm³/mol. The molecule has 0 amide bonds. The number of rotatable bonds is 6. The number of ether oxygens (including phenoxy) is 1. The summed E-state index contributed by atoms with van der Waals surface area (Å²) in [5.74, 6) is 2.06. The Kier molecular flexibility index (Phi) is 4.79. The second kappa shape index (κ2) is 6.57. The second-order valence-corrected chi connectivity index (χ2v) is 5.06. The molecule has 20 heavy (non-hydrogen) atoms. The fraction of sp³-hybridized carbons (Fsp3) is 0.438. The van der Waals surface area contributed by atoms with E-state index in [0.717, 1.165) is 24.4 Å². The van der Waals surface area contributed by atoms with Crippen LogP contribution in [-0.4, -0.2) is 23.7 Å². The molecule has 0 saturated heterocycles. The number of benzene rings is 1. The zero-order valence-electron chi connectivity index (χ0n) is 12.7. The van der Waals surface area contributed by atoms with Crippen molar-refractivity contribution in [3.05, 3.63) is 47.5 Å². The number of imidazole rings is 1. The molecule has 1 aromatic heterocycles. The van der Waals surface area contributed by atoms with E-state index < -0.39 is 0 Å². The van der Waals surface area contributed by atoms with Gasteiger partial charge in [-0.2, -0.15) is 0 Å². The monoisotopic (exact) mass is 273 g/mol. The standard InChI is InChI=1S/C16H23N3O/c1-12-11-13(5-7-15(12)20-4)14(17-2)6-8-16-18-9-10-19(16)3/h5,7,9-11,14,17H,6,8H2,1-4H3. The van der Waals surface area contributed by atoms with Crippen molar-refractivity contribution < 1.29 is 4.74 Å².